The zero-order valence-corrected chi connectivity index (χ0v) is 12.2. The van der Waals surface area contributed by atoms with E-state index in [1.807, 2.05) is 0 Å². The van der Waals surface area contributed by atoms with Crippen molar-refractivity contribution in [3.63, 3.8) is 0 Å². The molecule has 0 aliphatic rings. The van der Waals surface area contributed by atoms with Crippen LogP contribution in [0.4, 0.5) is 0 Å². The highest BCUT2D eigenvalue weighted by Gasteiger charge is 2.20. The van der Waals surface area contributed by atoms with E-state index in [0.29, 0.717) is 0 Å². The molecule has 0 bridgehead atoms. The van der Waals surface area contributed by atoms with Gasteiger partial charge in [0.25, 0.3) is 0 Å². The Labute approximate surface area is 112 Å². The van der Waals surface area contributed by atoms with Crippen molar-refractivity contribution in [2.75, 3.05) is 12.8 Å². The Kier molecular flexibility index (Phi) is 5.02. The first kappa shape index (κ1) is 15.3. The highest BCUT2D eigenvalue weighted by atomic mass is 32.2. The lowest BCUT2D eigenvalue weighted by Gasteiger charge is -2.09. The molecule has 0 radical (unpaired) electrons. The molecular weight excluding hydrogens is 298 g/mol. The van der Waals surface area contributed by atoms with Gasteiger partial charge in [0.05, 0.1) is 5.56 Å². The second kappa shape index (κ2) is 5.91. The molecule has 102 valence electrons. The van der Waals surface area contributed by atoms with E-state index in [1.165, 1.54) is 11.6 Å². The Balaban J connectivity index is 2.80. The monoisotopic (exact) mass is 311 g/mol. The van der Waals surface area contributed by atoms with Gasteiger partial charge in [0.1, 0.15) is 4.21 Å². The molecule has 1 heterocycles. The largest absolute Gasteiger partial charge is 0.478 e. The molecule has 0 amide bonds. The van der Waals surface area contributed by atoms with Crippen molar-refractivity contribution in [3.05, 3.63) is 17.0 Å². The van der Waals surface area contributed by atoms with Gasteiger partial charge < -0.3 is 5.11 Å². The Bertz CT molecular complexity index is 563. The highest BCUT2D eigenvalue weighted by Crippen LogP contribution is 2.20. The van der Waals surface area contributed by atoms with Crippen molar-refractivity contribution in [2.45, 2.75) is 16.4 Å². The van der Waals surface area contributed by atoms with Crippen LogP contribution in [-0.2, 0) is 20.8 Å². The number of carboxylic acid groups (broad SMARTS) is 1. The Hall–Kier alpha value is -0.770. The van der Waals surface area contributed by atoms with E-state index in [4.69, 9.17) is 5.11 Å². The first-order valence-electron chi connectivity index (χ1n) is 4.87. The number of carboxylic acids is 1. The van der Waals surface area contributed by atoms with Gasteiger partial charge in [0, 0.05) is 34.2 Å². The van der Waals surface area contributed by atoms with E-state index < -0.39 is 26.8 Å². The Morgan fingerprint density at radius 3 is 2.67 bits per heavy atom. The van der Waals surface area contributed by atoms with Crippen LogP contribution in [-0.4, -0.2) is 41.8 Å². The molecule has 6 nitrogen and oxygen atoms in total. The van der Waals surface area contributed by atoms with E-state index >= 15 is 0 Å². The lowest BCUT2D eigenvalue weighted by molar-refractivity contribution is 0.0697. The summed E-state index contributed by atoms with van der Waals surface area (Å²) in [7, 11) is -4.85. The summed E-state index contributed by atoms with van der Waals surface area (Å²) in [6, 6.07) is 1.10. The van der Waals surface area contributed by atoms with E-state index in [2.05, 4.69) is 4.72 Å². The normalized spacial score (nSPS) is 15.2. The Morgan fingerprint density at radius 1 is 1.61 bits per heavy atom. The number of aromatic carboxylic acids is 1. The number of rotatable bonds is 6. The average molecular weight is 311 g/mol. The second-order valence-corrected chi connectivity index (χ2v) is 8.33. The van der Waals surface area contributed by atoms with Crippen LogP contribution in [0.3, 0.4) is 0 Å². The summed E-state index contributed by atoms with van der Waals surface area (Å²) in [5, 5.41) is 9.66. The fraction of sp³-hybridized carbons (Fsp3) is 0.444. The van der Waals surface area contributed by atoms with Crippen LogP contribution in [0.5, 0.6) is 0 Å². The molecular formula is C9H13NO5S3. The average Bonchev–Trinajstić information content (AvgIpc) is 2.75. The van der Waals surface area contributed by atoms with Crippen molar-refractivity contribution >= 4 is 38.1 Å². The van der Waals surface area contributed by atoms with Gasteiger partial charge in [0.15, 0.2) is 0 Å². The standard InChI is InChI=1S/C9H13NO5S3/c1-6(17(2)13)4-10-18(14,15)8-3-7(5-16-8)9(11)12/h3,5-6,10H,4H2,1-2H3,(H,11,12). The third-order valence-electron chi connectivity index (χ3n) is 2.21. The fourth-order valence-electron chi connectivity index (χ4n) is 0.985. The first-order valence-corrected chi connectivity index (χ1v) is 8.86. The van der Waals surface area contributed by atoms with Crippen LogP contribution in [0.1, 0.15) is 17.3 Å². The molecule has 1 aromatic heterocycles. The highest BCUT2D eigenvalue weighted by molar-refractivity contribution is 7.91. The van der Waals surface area contributed by atoms with Crippen molar-refractivity contribution in [1.82, 2.24) is 4.72 Å². The summed E-state index contributed by atoms with van der Waals surface area (Å²) in [4.78, 5) is 10.6. The van der Waals surface area contributed by atoms with Gasteiger partial charge in [-0.05, 0) is 13.0 Å². The topological polar surface area (TPSA) is 101 Å². The van der Waals surface area contributed by atoms with Crippen LogP contribution in [0.15, 0.2) is 15.7 Å². The maximum Gasteiger partial charge on any atom is 0.336 e. The van der Waals surface area contributed by atoms with Gasteiger partial charge in [-0.2, -0.15) is 0 Å². The molecule has 1 aromatic rings. The summed E-state index contributed by atoms with van der Waals surface area (Å²) < 4.78 is 36.9. The van der Waals surface area contributed by atoms with Crippen LogP contribution in [0, 0.1) is 0 Å². The lowest BCUT2D eigenvalue weighted by Crippen LogP contribution is -2.32. The second-order valence-electron chi connectivity index (χ2n) is 3.62. The third-order valence-corrected chi connectivity index (χ3v) is 6.38. The van der Waals surface area contributed by atoms with Crippen LogP contribution >= 0.6 is 11.3 Å². The summed E-state index contributed by atoms with van der Waals surface area (Å²) in [6.45, 7) is 1.71. The number of hydrogen-bond donors (Lipinski definition) is 2. The van der Waals surface area contributed by atoms with Gasteiger partial charge in [-0.3, -0.25) is 4.21 Å². The van der Waals surface area contributed by atoms with Gasteiger partial charge in [0.2, 0.25) is 10.0 Å². The first-order chi connectivity index (χ1) is 8.24. The summed E-state index contributed by atoms with van der Waals surface area (Å²) in [6.07, 6.45) is 1.49. The molecule has 0 fully saturated rings. The summed E-state index contributed by atoms with van der Waals surface area (Å²) >= 11 is 0.838. The van der Waals surface area contributed by atoms with Crippen LogP contribution in [0.2, 0.25) is 0 Å². The minimum Gasteiger partial charge on any atom is -0.478 e. The van der Waals surface area contributed by atoms with E-state index in [1.54, 1.807) is 6.92 Å². The van der Waals surface area contributed by atoms with Crippen LogP contribution in [0.25, 0.3) is 0 Å². The molecule has 2 unspecified atom stereocenters. The molecule has 1 rings (SSSR count). The minimum absolute atomic E-state index is 0.0474. The van der Waals surface area contributed by atoms with Gasteiger partial charge in [-0.1, -0.05) is 0 Å². The van der Waals surface area contributed by atoms with Crippen molar-refractivity contribution < 1.29 is 22.5 Å². The summed E-state index contributed by atoms with van der Waals surface area (Å²) in [5.41, 5.74) is -0.0625. The molecule has 0 aliphatic heterocycles. The van der Waals surface area contributed by atoms with Gasteiger partial charge in [-0.25, -0.2) is 17.9 Å². The van der Waals surface area contributed by atoms with Gasteiger partial charge in [-0.15, -0.1) is 11.3 Å². The molecule has 0 spiro atoms. The number of hydrogen-bond acceptors (Lipinski definition) is 5. The lowest BCUT2D eigenvalue weighted by atomic mass is 10.4. The smallest absolute Gasteiger partial charge is 0.336 e. The number of sulfonamides is 1. The molecule has 9 heteroatoms. The number of carbonyl (C=O) groups is 1. The predicted molar refractivity (Wildman–Crippen MR) is 70.0 cm³/mol. The SMILES string of the molecule is CC(CNS(=O)(=O)c1cc(C(=O)O)cs1)S(C)=O. The molecule has 0 aliphatic carbocycles. The fourth-order valence-corrected chi connectivity index (χ4v) is 3.74. The molecule has 0 saturated carbocycles. The molecule has 0 saturated heterocycles. The number of nitrogens with one attached hydrogen (secondary N) is 1. The van der Waals surface area contributed by atoms with Crippen molar-refractivity contribution in [2.24, 2.45) is 0 Å². The minimum atomic E-state index is -3.73. The molecule has 0 aromatic carbocycles. The van der Waals surface area contributed by atoms with Crippen LogP contribution < -0.4 is 4.72 Å². The van der Waals surface area contributed by atoms with E-state index in [9.17, 15) is 17.4 Å². The molecule has 18 heavy (non-hydrogen) atoms. The molecule has 2 N–H and O–H groups in total. The Morgan fingerprint density at radius 2 is 2.22 bits per heavy atom. The quantitative estimate of drug-likeness (QED) is 0.796. The van der Waals surface area contributed by atoms with Crippen molar-refractivity contribution in [1.29, 1.82) is 0 Å². The number of thiophene rings is 1. The maximum absolute atomic E-state index is 11.8. The van der Waals surface area contributed by atoms with Gasteiger partial charge >= 0.3 is 5.97 Å². The van der Waals surface area contributed by atoms with E-state index in [-0.39, 0.29) is 21.6 Å². The maximum atomic E-state index is 11.8. The zero-order valence-electron chi connectivity index (χ0n) is 9.74. The molecule has 2 atom stereocenters. The predicted octanol–water partition coefficient (Wildman–Crippen LogP) is 0.492. The van der Waals surface area contributed by atoms with E-state index in [0.717, 1.165) is 17.4 Å². The van der Waals surface area contributed by atoms with Crippen molar-refractivity contribution in [3.8, 4) is 0 Å². The zero-order chi connectivity index (χ0) is 13.9. The summed E-state index contributed by atoms with van der Waals surface area (Å²) in [5.74, 6) is -1.17. The third kappa shape index (κ3) is 3.87.